The lowest BCUT2D eigenvalue weighted by Crippen LogP contribution is -2.35. The van der Waals surface area contributed by atoms with Gasteiger partial charge in [-0.2, -0.15) is 0 Å². The van der Waals surface area contributed by atoms with E-state index in [1.807, 2.05) is 32.9 Å². The first-order valence-electron chi connectivity index (χ1n) is 7.49. The summed E-state index contributed by atoms with van der Waals surface area (Å²) < 4.78 is 12.0. The van der Waals surface area contributed by atoms with Gasteiger partial charge >= 0.3 is 6.09 Å². The van der Waals surface area contributed by atoms with Crippen LogP contribution in [-0.4, -0.2) is 41.3 Å². The van der Waals surface area contributed by atoms with E-state index in [0.29, 0.717) is 25.7 Å². The molecule has 1 aliphatic heterocycles. The van der Waals surface area contributed by atoms with E-state index < -0.39 is 5.60 Å². The summed E-state index contributed by atoms with van der Waals surface area (Å²) in [4.78, 5) is 17.8. The molecule has 0 aliphatic carbocycles. The van der Waals surface area contributed by atoms with Crippen LogP contribution in [0.15, 0.2) is 22.9 Å². The van der Waals surface area contributed by atoms with Crippen molar-refractivity contribution in [3.63, 3.8) is 0 Å². The van der Waals surface area contributed by atoms with Gasteiger partial charge in [0.15, 0.2) is 0 Å². The van der Waals surface area contributed by atoms with Crippen molar-refractivity contribution in [3.05, 3.63) is 28.5 Å². The van der Waals surface area contributed by atoms with Crippen LogP contribution < -0.4 is 0 Å². The molecule has 6 heteroatoms. The van der Waals surface area contributed by atoms with Crippen LogP contribution in [-0.2, 0) is 16.1 Å². The lowest BCUT2D eigenvalue weighted by atomic mass is 10.1. The Hall–Kier alpha value is -1.14. The van der Waals surface area contributed by atoms with Gasteiger partial charge in [-0.25, -0.2) is 9.78 Å². The van der Waals surface area contributed by atoms with Crippen LogP contribution in [0.4, 0.5) is 4.79 Å². The van der Waals surface area contributed by atoms with E-state index in [-0.39, 0.29) is 6.09 Å². The second kappa shape index (κ2) is 7.42. The van der Waals surface area contributed by atoms with Gasteiger partial charge in [0.2, 0.25) is 0 Å². The fourth-order valence-electron chi connectivity index (χ4n) is 2.34. The average Bonchev–Trinajstić information content (AvgIpc) is 2.86. The summed E-state index contributed by atoms with van der Waals surface area (Å²) >= 11 is 3.34. The van der Waals surface area contributed by atoms with E-state index in [1.165, 1.54) is 0 Å². The zero-order valence-electron chi connectivity index (χ0n) is 13.3. The minimum atomic E-state index is -0.444. The van der Waals surface area contributed by atoms with Crippen molar-refractivity contribution in [2.24, 2.45) is 5.92 Å². The normalized spacial score (nSPS) is 18.5. The van der Waals surface area contributed by atoms with E-state index in [1.54, 1.807) is 11.1 Å². The number of amides is 1. The van der Waals surface area contributed by atoms with Gasteiger partial charge in [0, 0.05) is 25.2 Å². The molecule has 0 radical (unpaired) electrons. The molecule has 2 heterocycles. The molecule has 1 aromatic heterocycles. The second-order valence-electron chi connectivity index (χ2n) is 6.58. The molecule has 1 atom stereocenters. The predicted octanol–water partition coefficient (Wildman–Crippen LogP) is 3.62. The van der Waals surface area contributed by atoms with Crippen LogP contribution in [0, 0.1) is 5.92 Å². The number of halogens is 1. The van der Waals surface area contributed by atoms with Crippen molar-refractivity contribution < 1.29 is 14.3 Å². The molecule has 122 valence electrons. The summed E-state index contributed by atoms with van der Waals surface area (Å²) in [5.41, 5.74) is 0.643. The molecule has 0 N–H and O–H groups in total. The van der Waals surface area contributed by atoms with Gasteiger partial charge in [-0.05, 0) is 60.8 Å². The maximum Gasteiger partial charge on any atom is 0.410 e. The SMILES string of the molecule is CC(C)(C)OC(=O)N1CC[C@H](COCc2ccnc(Br)c2)C1. The van der Waals surface area contributed by atoms with Crippen LogP contribution in [0.2, 0.25) is 0 Å². The number of carbonyl (C=O) groups excluding carboxylic acids is 1. The zero-order valence-corrected chi connectivity index (χ0v) is 14.9. The highest BCUT2D eigenvalue weighted by atomic mass is 79.9. The lowest BCUT2D eigenvalue weighted by molar-refractivity contribution is 0.0271. The maximum absolute atomic E-state index is 12.0. The maximum atomic E-state index is 12.0. The summed E-state index contributed by atoms with van der Waals surface area (Å²) in [5.74, 6) is 0.373. The first-order chi connectivity index (χ1) is 10.3. The smallest absolute Gasteiger partial charge is 0.410 e. The molecule has 22 heavy (non-hydrogen) atoms. The van der Waals surface area contributed by atoms with Crippen LogP contribution in [0.1, 0.15) is 32.8 Å². The highest BCUT2D eigenvalue weighted by Crippen LogP contribution is 2.20. The van der Waals surface area contributed by atoms with Gasteiger partial charge < -0.3 is 14.4 Å². The minimum absolute atomic E-state index is 0.229. The number of carbonyl (C=O) groups is 1. The van der Waals surface area contributed by atoms with Gasteiger partial charge in [-0.3, -0.25) is 0 Å². The van der Waals surface area contributed by atoms with E-state index in [4.69, 9.17) is 9.47 Å². The standard InChI is InChI=1S/C16H23BrN2O3/c1-16(2,3)22-15(20)19-7-5-13(9-19)11-21-10-12-4-6-18-14(17)8-12/h4,6,8,13H,5,7,9-11H2,1-3H3/t13-/m0/s1. The fraction of sp³-hybridized carbons (Fsp3) is 0.625. The van der Waals surface area contributed by atoms with Gasteiger partial charge in [-0.15, -0.1) is 0 Å². The number of hydrogen-bond acceptors (Lipinski definition) is 4. The number of aromatic nitrogens is 1. The van der Waals surface area contributed by atoms with Crippen molar-refractivity contribution in [3.8, 4) is 0 Å². The second-order valence-corrected chi connectivity index (χ2v) is 7.40. The molecule has 5 nitrogen and oxygen atoms in total. The molecule has 0 aromatic carbocycles. The van der Waals surface area contributed by atoms with Gasteiger partial charge in [0.25, 0.3) is 0 Å². The van der Waals surface area contributed by atoms with Crippen molar-refractivity contribution in [2.75, 3.05) is 19.7 Å². The van der Waals surface area contributed by atoms with Crippen LogP contribution in [0.25, 0.3) is 0 Å². The summed E-state index contributed by atoms with van der Waals surface area (Å²) in [6.07, 6.45) is 2.48. The molecule has 0 bridgehead atoms. The lowest BCUT2D eigenvalue weighted by Gasteiger charge is -2.24. The van der Waals surface area contributed by atoms with E-state index in [2.05, 4.69) is 20.9 Å². The van der Waals surface area contributed by atoms with E-state index in [0.717, 1.165) is 23.1 Å². The molecule has 1 aromatic rings. The highest BCUT2D eigenvalue weighted by Gasteiger charge is 2.29. The van der Waals surface area contributed by atoms with E-state index >= 15 is 0 Å². The Labute approximate surface area is 140 Å². The third kappa shape index (κ3) is 5.57. The quantitative estimate of drug-likeness (QED) is 0.759. The monoisotopic (exact) mass is 370 g/mol. The first kappa shape index (κ1) is 17.2. The van der Waals surface area contributed by atoms with Gasteiger partial charge in [0.05, 0.1) is 13.2 Å². The molecule has 1 fully saturated rings. The molecule has 2 rings (SSSR count). The minimum Gasteiger partial charge on any atom is -0.444 e. The zero-order chi connectivity index (χ0) is 16.2. The Morgan fingerprint density at radius 1 is 1.50 bits per heavy atom. The Kier molecular flexibility index (Phi) is 5.81. The van der Waals surface area contributed by atoms with Crippen molar-refractivity contribution >= 4 is 22.0 Å². The molecule has 0 saturated carbocycles. The molecular weight excluding hydrogens is 348 g/mol. The Balaban J connectivity index is 1.71. The van der Waals surface area contributed by atoms with Crippen molar-refractivity contribution in [2.45, 2.75) is 39.4 Å². The number of nitrogens with zero attached hydrogens (tertiary/aromatic N) is 2. The number of likely N-dealkylation sites (tertiary alicyclic amines) is 1. The molecule has 1 aliphatic rings. The molecule has 0 spiro atoms. The number of pyridine rings is 1. The first-order valence-corrected chi connectivity index (χ1v) is 8.29. The van der Waals surface area contributed by atoms with Crippen LogP contribution in [0.5, 0.6) is 0 Å². The number of rotatable bonds is 4. The molecule has 1 amide bonds. The third-order valence-electron chi connectivity index (χ3n) is 3.35. The number of hydrogen-bond donors (Lipinski definition) is 0. The van der Waals surface area contributed by atoms with Crippen molar-refractivity contribution in [1.82, 2.24) is 9.88 Å². The van der Waals surface area contributed by atoms with Gasteiger partial charge in [-0.1, -0.05) is 0 Å². The number of ether oxygens (including phenoxy) is 2. The summed E-state index contributed by atoms with van der Waals surface area (Å²) in [6, 6.07) is 3.88. The van der Waals surface area contributed by atoms with Gasteiger partial charge in [0.1, 0.15) is 10.2 Å². The third-order valence-corrected chi connectivity index (χ3v) is 3.78. The van der Waals surface area contributed by atoms with E-state index in [9.17, 15) is 4.79 Å². The Morgan fingerprint density at radius 3 is 2.95 bits per heavy atom. The summed E-state index contributed by atoms with van der Waals surface area (Å²) in [7, 11) is 0. The largest absolute Gasteiger partial charge is 0.444 e. The highest BCUT2D eigenvalue weighted by molar-refractivity contribution is 9.10. The average molecular weight is 371 g/mol. The summed E-state index contributed by atoms with van der Waals surface area (Å²) in [6.45, 7) is 8.30. The Morgan fingerprint density at radius 2 is 2.27 bits per heavy atom. The van der Waals surface area contributed by atoms with Crippen LogP contribution in [0.3, 0.4) is 0 Å². The van der Waals surface area contributed by atoms with Crippen LogP contribution >= 0.6 is 15.9 Å². The predicted molar refractivity (Wildman–Crippen MR) is 87.5 cm³/mol. The molecular formula is C16H23BrN2O3. The molecule has 0 unspecified atom stereocenters. The Bertz CT molecular complexity index is 516. The topological polar surface area (TPSA) is 51.7 Å². The molecule has 1 saturated heterocycles. The summed E-state index contributed by atoms with van der Waals surface area (Å²) in [5, 5.41) is 0. The van der Waals surface area contributed by atoms with Crippen molar-refractivity contribution in [1.29, 1.82) is 0 Å². The fourth-order valence-corrected chi connectivity index (χ4v) is 2.75.